The van der Waals surface area contributed by atoms with E-state index in [0.29, 0.717) is 23.5 Å². The van der Waals surface area contributed by atoms with E-state index in [-0.39, 0.29) is 36.7 Å². The zero-order valence-corrected chi connectivity index (χ0v) is 22.6. The van der Waals surface area contributed by atoms with Crippen molar-refractivity contribution in [1.29, 1.82) is 0 Å². The molecular formula is C27H27F3N6O4S. The van der Waals surface area contributed by atoms with Gasteiger partial charge in [0.25, 0.3) is 5.91 Å². The van der Waals surface area contributed by atoms with Crippen molar-refractivity contribution in [3.63, 3.8) is 0 Å². The largest absolute Gasteiger partial charge is 0.573 e. The SMILES string of the molecule is O=C(Cc1cccc(OC(F)(F)F)c1)Cc1nnc(CCCCn2cc(C(=O)N[C@H](CO)c3ccccc3)nn2)s1. The summed E-state index contributed by atoms with van der Waals surface area (Å²) in [6.45, 7) is 0.281. The quantitative estimate of drug-likeness (QED) is 0.212. The zero-order valence-electron chi connectivity index (χ0n) is 21.8. The van der Waals surface area contributed by atoms with Crippen molar-refractivity contribution in [2.45, 2.75) is 51.1 Å². The van der Waals surface area contributed by atoms with Gasteiger partial charge in [-0.05, 0) is 36.1 Å². The lowest BCUT2D eigenvalue weighted by atomic mass is 10.1. The number of rotatable bonds is 14. The second kappa shape index (κ2) is 13.9. The van der Waals surface area contributed by atoms with Gasteiger partial charge in [-0.25, -0.2) is 0 Å². The molecule has 10 nitrogen and oxygen atoms in total. The van der Waals surface area contributed by atoms with Gasteiger partial charge in [0.05, 0.1) is 25.3 Å². The smallest absolute Gasteiger partial charge is 0.406 e. The molecule has 0 saturated heterocycles. The van der Waals surface area contributed by atoms with Crippen LogP contribution in [0.3, 0.4) is 0 Å². The van der Waals surface area contributed by atoms with Gasteiger partial charge >= 0.3 is 6.36 Å². The van der Waals surface area contributed by atoms with E-state index >= 15 is 0 Å². The van der Waals surface area contributed by atoms with E-state index in [1.165, 1.54) is 29.5 Å². The Hall–Kier alpha value is -4.17. The molecule has 0 bridgehead atoms. The number of benzene rings is 2. The molecule has 0 spiro atoms. The van der Waals surface area contributed by atoms with Crippen molar-refractivity contribution in [3.05, 3.63) is 87.6 Å². The lowest BCUT2D eigenvalue weighted by Crippen LogP contribution is -2.31. The highest BCUT2D eigenvalue weighted by Crippen LogP contribution is 2.24. The maximum Gasteiger partial charge on any atom is 0.573 e. The summed E-state index contributed by atoms with van der Waals surface area (Å²) in [7, 11) is 0. The molecule has 1 atom stereocenters. The van der Waals surface area contributed by atoms with Gasteiger partial charge in [-0.2, -0.15) is 0 Å². The zero-order chi connectivity index (χ0) is 29.2. The molecular weight excluding hydrogens is 561 g/mol. The fraction of sp³-hybridized carbons (Fsp3) is 0.333. The number of ether oxygens (including phenoxy) is 1. The Kier molecular flexibility index (Phi) is 10.1. The number of aliphatic hydroxyl groups is 1. The molecule has 0 radical (unpaired) electrons. The minimum atomic E-state index is -4.80. The van der Waals surface area contributed by atoms with Crippen LogP contribution in [-0.4, -0.2) is 55.0 Å². The Balaban J connectivity index is 1.18. The van der Waals surface area contributed by atoms with E-state index in [0.717, 1.165) is 23.4 Å². The lowest BCUT2D eigenvalue weighted by molar-refractivity contribution is -0.274. The molecule has 14 heteroatoms. The molecule has 1 amide bonds. The van der Waals surface area contributed by atoms with Crippen molar-refractivity contribution in [2.24, 2.45) is 0 Å². The Bertz CT molecular complexity index is 1440. The molecule has 0 unspecified atom stereocenters. The van der Waals surface area contributed by atoms with E-state index in [1.54, 1.807) is 16.9 Å². The van der Waals surface area contributed by atoms with Crippen molar-refractivity contribution in [3.8, 4) is 5.75 Å². The number of halogens is 3. The molecule has 0 aliphatic carbocycles. The molecule has 41 heavy (non-hydrogen) atoms. The summed E-state index contributed by atoms with van der Waals surface area (Å²) in [6, 6.07) is 13.9. The third kappa shape index (κ3) is 9.46. The fourth-order valence-corrected chi connectivity index (χ4v) is 4.90. The molecule has 2 aromatic heterocycles. The van der Waals surface area contributed by atoms with E-state index in [1.807, 2.05) is 30.3 Å². The Morgan fingerprint density at radius 2 is 1.78 bits per heavy atom. The van der Waals surface area contributed by atoms with Crippen molar-refractivity contribution < 1.29 is 32.6 Å². The van der Waals surface area contributed by atoms with Gasteiger partial charge in [-0.3, -0.25) is 14.3 Å². The number of hydrogen-bond acceptors (Lipinski definition) is 9. The van der Waals surface area contributed by atoms with Gasteiger partial charge < -0.3 is 15.2 Å². The summed E-state index contributed by atoms with van der Waals surface area (Å²) in [5, 5.41) is 29.8. The van der Waals surface area contributed by atoms with Crippen molar-refractivity contribution >= 4 is 23.0 Å². The van der Waals surface area contributed by atoms with Crippen LogP contribution in [0.2, 0.25) is 0 Å². The number of nitrogens with zero attached hydrogens (tertiary/aromatic N) is 5. The molecule has 0 fully saturated rings. The van der Waals surface area contributed by atoms with Crippen LogP contribution >= 0.6 is 11.3 Å². The van der Waals surface area contributed by atoms with Gasteiger partial charge in [0.15, 0.2) is 5.69 Å². The number of alkyl halides is 3. The maximum atomic E-state index is 12.5. The number of aromatic nitrogens is 5. The van der Waals surface area contributed by atoms with Crippen molar-refractivity contribution in [1.82, 2.24) is 30.5 Å². The van der Waals surface area contributed by atoms with Gasteiger partial charge in [0.1, 0.15) is 21.5 Å². The fourth-order valence-electron chi connectivity index (χ4n) is 3.99. The highest BCUT2D eigenvalue weighted by Gasteiger charge is 2.31. The van der Waals surface area contributed by atoms with Gasteiger partial charge in [-0.15, -0.1) is 39.8 Å². The number of unbranched alkanes of at least 4 members (excludes halogenated alkanes) is 1. The minimum Gasteiger partial charge on any atom is -0.406 e. The van der Waals surface area contributed by atoms with Crippen LogP contribution in [0.4, 0.5) is 13.2 Å². The number of nitrogens with one attached hydrogen (secondary N) is 1. The molecule has 2 heterocycles. The first-order chi connectivity index (χ1) is 19.7. The van der Waals surface area contributed by atoms with Gasteiger partial charge in [-0.1, -0.05) is 47.7 Å². The van der Waals surface area contributed by atoms with Crippen molar-refractivity contribution in [2.75, 3.05) is 6.61 Å². The number of hydrogen-bond donors (Lipinski definition) is 2. The molecule has 0 aliphatic heterocycles. The predicted octanol–water partition coefficient (Wildman–Crippen LogP) is 3.87. The monoisotopic (exact) mass is 588 g/mol. The number of aliphatic hydroxyl groups excluding tert-OH is 1. The summed E-state index contributed by atoms with van der Waals surface area (Å²) >= 11 is 1.32. The third-order valence-electron chi connectivity index (χ3n) is 5.88. The molecule has 4 aromatic rings. The second-order valence-electron chi connectivity index (χ2n) is 9.12. The van der Waals surface area contributed by atoms with E-state index in [9.17, 15) is 27.9 Å². The van der Waals surface area contributed by atoms with E-state index in [4.69, 9.17) is 0 Å². The molecule has 2 aromatic carbocycles. The van der Waals surface area contributed by atoms with Crippen LogP contribution in [0.25, 0.3) is 0 Å². The van der Waals surface area contributed by atoms with Crippen LogP contribution in [0.1, 0.15) is 50.5 Å². The first-order valence-electron chi connectivity index (χ1n) is 12.7. The number of carbonyl (C=O) groups is 2. The molecule has 216 valence electrons. The van der Waals surface area contributed by atoms with E-state index in [2.05, 4.69) is 30.6 Å². The first kappa shape index (κ1) is 29.8. The Morgan fingerprint density at radius 1 is 1.00 bits per heavy atom. The lowest BCUT2D eigenvalue weighted by Gasteiger charge is -2.15. The molecule has 4 rings (SSSR count). The average molecular weight is 589 g/mol. The van der Waals surface area contributed by atoms with Crippen LogP contribution in [0, 0.1) is 0 Å². The molecule has 0 saturated carbocycles. The number of aryl methyl sites for hydroxylation is 2. The van der Waals surface area contributed by atoms with Crippen LogP contribution < -0.4 is 10.1 Å². The average Bonchev–Trinajstić information content (AvgIpc) is 3.59. The first-order valence-corrected chi connectivity index (χ1v) is 13.5. The number of Topliss-reactive ketones (excluding diaryl/α,β-unsaturated/α-hetero) is 1. The topological polar surface area (TPSA) is 132 Å². The van der Waals surface area contributed by atoms with Gasteiger partial charge in [0, 0.05) is 19.4 Å². The minimum absolute atomic E-state index is 0.0350. The standard InChI is InChI=1S/C27H27F3N6O4S/c28-27(29,30)40-21-10-6-7-18(14-21)13-20(38)15-25-34-33-24(41-25)11-4-5-12-36-16-22(32-35-36)26(39)31-23(17-37)19-8-2-1-3-9-19/h1-3,6-10,14,16,23,37H,4-5,11-13,15,17H2,(H,31,39)/t23-/m1/s1. The van der Waals surface area contributed by atoms with E-state index < -0.39 is 18.3 Å². The summed E-state index contributed by atoms with van der Waals surface area (Å²) in [5.74, 6) is -1.00. The normalized spacial score (nSPS) is 12.2. The van der Waals surface area contributed by atoms with Crippen LogP contribution in [-0.2, 0) is 30.6 Å². The molecule has 0 aliphatic rings. The van der Waals surface area contributed by atoms with Crippen LogP contribution in [0.15, 0.2) is 60.8 Å². The second-order valence-corrected chi connectivity index (χ2v) is 10.3. The summed E-state index contributed by atoms with van der Waals surface area (Å²) in [5.41, 5.74) is 1.35. The number of amides is 1. The summed E-state index contributed by atoms with van der Waals surface area (Å²) in [6.07, 6.45) is -1.13. The predicted molar refractivity (Wildman–Crippen MR) is 142 cm³/mol. The number of ketones is 1. The Morgan fingerprint density at radius 3 is 2.54 bits per heavy atom. The molecule has 2 N–H and O–H groups in total. The highest BCUT2D eigenvalue weighted by atomic mass is 32.1. The highest BCUT2D eigenvalue weighted by molar-refractivity contribution is 7.11. The van der Waals surface area contributed by atoms with Crippen LogP contribution in [0.5, 0.6) is 5.75 Å². The summed E-state index contributed by atoms with van der Waals surface area (Å²) in [4.78, 5) is 25.0. The third-order valence-corrected chi connectivity index (χ3v) is 6.86. The van der Waals surface area contributed by atoms with Gasteiger partial charge in [0.2, 0.25) is 0 Å². The maximum absolute atomic E-state index is 12.5. The summed E-state index contributed by atoms with van der Waals surface area (Å²) < 4.78 is 42.7. The number of carbonyl (C=O) groups excluding carboxylic acids is 2. The Labute approximate surface area is 237 Å².